The number of rotatable bonds is 17. The van der Waals surface area contributed by atoms with E-state index in [-0.39, 0.29) is 11.8 Å². The molecular weight excluding hydrogens is 366 g/mol. The first-order valence-corrected chi connectivity index (χ1v) is 12.0. The molecule has 6 nitrogen and oxygen atoms in total. The molecule has 0 aliphatic heterocycles. The summed E-state index contributed by atoms with van der Waals surface area (Å²) in [6.45, 7) is 8.03. The zero-order valence-corrected chi connectivity index (χ0v) is 18.6. The first kappa shape index (κ1) is 26.3. The summed E-state index contributed by atoms with van der Waals surface area (Å²) in [7, 11) is -4.49. The van der Waals surface area contributed by atoms with Gasteiger partial charge in [0.25, 0.3) is 0 Å². The van der Waals surface area contributed by atoms with E-state index in [9.17, 15) is 13.2 Å². The summed E-state index contributed by atoms with van der Waals surface area (Å²) >= 11 is 0. The minimum atomic E-state index is -4.49. The van der Waals surface area contributed by atoms with Crippen LogP contribution in [0.3, 0.4) is 0 Å². The first-order valence-electron chi connectivity index (χ1n) is 10.6. The van der Waals surface area contributed by atoms with Gasteiger partial charge in [0.15, 0.2) is 0 Å². The molecule has 2 N–H and O–H groups in total. The highest BCUT2D eigenvalue weighted by Crippen LogP contribution is 2.29. The molecule has 0 fully saturated rings. The fourth-order valence-electron chi connectivity index (χ4n) is 3.15. The van der Waals surface area contributed by atoms with E-state index < -0.39 is 16.0 Å². The Hall–Kier alpha value is -0.660. The van der Waals surface area contributed by atoms with E-state index in [4.69, 9.17) is 8.74 Å². The Morgan fingerprint density at radius 2 is 1.56 bits per heavy atom. The highest BCUT2D eigenvalue weighted by Gasteiger charge is 2.34. The molecule has 0 heterocycles. The molecular formula is C20H41NO5S. The Morgan fingerprint density at radius 1 is 1.04 bits per heavy atom. The van der Waals surface area contributed by atoms with Crippen LogP contribution in [-0.2, 0) is 19.4 Å². The molecule has 0 aliphatic carbocycles. The third-order valence-electron chi connectivity index (χ3n) is 5.45. The van der Waals surface area contributed by atoms with Crippen molar-refractivity contribution in [3.8, 4) is 0 Å². The van der Waals surface area contributed by atoms with Crippen LogP contribution >= 0.6 is 0 Å². The van der Waals surface area contributed by atoms with Crippen LogP contribution in [0.1, 0.15) is 105 Å². The number of hydrogen-bond acceptors (Lipinski definition) is 4. The molecule has 0 aliphatic rings. The molecule has 0 aromatic rings. The number of nitrogens with one attached hydrogen (secondary N) is 1. The van der Waals surface area contributed by atoms with Gasteiger partial charge in [0.05, 0.1) is 5.60 Å². The molecule has 0 spiro atoms. The number of amides is 1. The summed E-state index contributed by atoms with van der Waals surface area (Å²) in [5, 5.41) is 2.89. The standard InChI is InChI=1S/C20H41NO5S/c1-5-7-8-9-10-11-12-13-14-15-19(22)21-17-16-18(3)20(4,6-2)26-27(23,24)25/h18H,5-17H2,1-4H3,(H,21,22)(H,23,24,25). The largest absolute Gasteiger partial charge is 0.397 e. The van der Waals surface area contributed by atoms with Crippen molar-refractivity contribution in [2.45, 2.75) is 110 Å². The van der Waals surface area contributed by atoms with Crippen molar-refractivity contribution in [2.75, 3.05) is 6.54 Å². The van der Waals surface area contributed by atoms with Gasteiger partial charge < -0.3 is 5.32 Å². The van der Waals surface area contributed by atoms with Crippen molar-refractivity contribution in [1.29, 1.82) is 0 Å². The Kier molecular flexibility index (Phi) is 14.0. The van der Waals surface area contributed by atoms with E-state index in [2.05, 4.69) is 12.2 Å². The van der Waals surface area contributed by atoms with Gasteiger partial charge in [-0.15, -0.1) is 0 Å². The van der Waals surface area contributed by atoms with E-state index >= 15 is 0 Å². The molecule has 2 unspecified atom stereocenters. The van der Waals surface area contributed by atoms with Gasteiger partial charge >= 0.3 is 10.4 Å². The molecule has 1 amide bonds. The summed E-state index contributed by atoms with van der Waals surface area (Å²) < 4.78 is 35.8. The van der Waals surface area contributed by atoms with Crippen LogP contribution in [0.5, 0.6) is 0 Å². The van der Waals surface area contributed by atoms with E-state index in [0.717, 1.165) is 12.8 Å². The fourth-order valence-corrected chi connectivity index (χ4v) is 3.91. The van der Waals surface area contributed by atoms with Gasteiger partial charge in [-0.05, 0) is 32.1 Å². The SMILES string of the molecule is CCCCCCCCCCCC(=O)NCCC(C)C(C)(CC)OS(=O)(=O)O. The molecule has 0 aromatic carbocycles. The van der Waals surface area contributed by atoms with E-state index in [1.165, 1.54) is 44.9 Å². The van der Waals surface area contributed by atoms with Crippen LogP contribution in [-0.4, -0.2) is 31.0 Å². The van der Waals surface area contributed by atoms with Gasteiger partial charge in [0.1, 0.15) is 0 Å². The molecule has 7 heteroatoms. The third kappa shape index (κ3) is 14.1. The predicted molar refractivity (Wildman–Crippen MR) is 110 cm³/mol. The normalized spacial score (nSPS) is 15.3. The van der Waals surface area contributed by atoms with Crippen molar-refractivity contribution in [3.63, 3.8) is 0 Å². The Morgan fingerprint density at radius 3 is 2.04 bits per heavy atom. The summed E-state index contributed by atoms with van der Waals surface area (Å²) in [5.41, 5.74) is -0.977. The number of carbonyl (C=O) groups is 1. The molecule has 162 valence electrons. The van der Waals surface area contributed by atoms with Crippen molar-refractivity contribution in [3.05, 3.63) is 0 Å². The summed E-state index contributed by atoms with van der Waals surface area (Å²) in [4.78, 5) is 11.9. The van der Waals surface area contributed by atoms with Crippen molar-refractivity contribution < 1.29 is 21.9 Å². The minimum absolute atomic E-state index is 0.0408. The zero-order valence-electron chi connectivity index (χ0n) is 17.8. The monoisotopic (exact) mass is 407 g/mol. The molecule has 2 atom stereocenters. The van der Waals surface area contributed by atoms with Crippen molar-refractivity contribution in [2.24, 2.45) is 5.92 Å². The topological polar surface area (TPSA) is 92.7 Å². The Labute approximate surface area is 166 Å². The zero-order chi connectivity index (χ0) is 20.8. The fraction of sp³-hybridized carbons (Fsp3) is 0.950. The van der Waals surface area contributed by atoms with Gasteiger partial charge in [-0.1, -0.05) is 72.1 Å². The minimum Gasteiger partial charge on any atom is -0.356 e. The van der Waals surface area contributed by atoms with Crippen molar-refractivity contribution >= 4 is 16.3 Å². The van der Waals surface area contributed by atoms with Crippen LogP contribution < -0.4 is 5.32 Å². The molecule has 0 bridgehead atoms. The summed E-state index contributed by atoms with van der Waals surface area (Å²) in [5.74, 6) is -0.0866. The quantitative estimate of drug-likeness (QED) is 0.260. The van der Waals surface area contributed by atoms with Gasteiger partial charge in [-0.3, -0.25) is 9.35 Å². The second-order valence-electron chi connectivity index (χ2n) is 7.80. The Bertz CT molecular complexity index is 495. The third-order valence-corrected chi connectivity index (χ3v) is 6.04. The van der Waals surface area contributed by atoms with Crippen molar-refractivity contribution in [1.82, 2.24) is 5.32 Å². The smallest absolute Gasteiger partial charge is 0.356 e. The van der Waals surface area contributed by atoms with E-state index in [1.54, 1.807) is 6.92 Å². The highest BCUT2D eigenvalue weighted by atomic mass is 32.3. The molecule has 0 saturated carbocycles. The van der Waals surface area contributed by atoms with Gasteiger partial charge in [0.2, 0.25) is 5.91 Å². The number of hydrogen-bond donors (Lipinski definition) is 2. The number of carbonyl (C=O) groups excluding carboxylic acids is 1. The van der Waals surface area contributed by atoms with Gasteiger partial charge in [-0.25, -0.2) is 4.18 Å². The van der Waals surface area contributed by atoms with Crippen LogP contribution in [0.25, 0.3) is 0 Å². The average Bonchev–Trinajstić information content (AvgIpc) is 2.58. The lowest BCUT2D eigenvalue weighted by atomic mass is 9.86. The molecule has 0 saturated heterocycles. The molecule has 0 radical (unpaired) electrons. The Balaban J connectivity index is 3.84. The second-order valence-corrected chi connectivity index (χ2v) is 8.82. The maximum Gasteiger partial charge on any atom is 0.397 e. The maximum absolute atomic E-state index is 11.9. The molecule has 27 heavy (non-hydrogen) atoms. The lowest BCUT2D eigenvalue weighted by molar-refractivity contribution is -0.121. The van der Waals surface area contributed by atoms with Crippen LogP contribution in [0, 0.1) is 5.92 Å². The highest BCUT2D eigenvalue weighted by molar-refractivity contribution is 7.80. The predicted octanol–water partition coefficient (Wildman–Crippen LogP) is 5.04. The lowest BCUT2D eigenvalue weighted by Crippen LogP contribution is -2.39. The maximum atomic E-state index is 11.9. The second kappa shape index (κ2) is 14.4. The molecule has 0 aromatic heterocycles. The van der Waals surface area contributed by atoms with E-state index in [1.807, 2.05) is 13.8 Å². The average molecular weight is 408 g/mol. The number of unbranched alkanes of at least 4 members (excludes halogenated alkanes) is 8. The van der Waals surface area contributed by atoms with Gasteiger partial charge in [0, 0.05) is 13.0 Å². The first-order chi connectivity index (χ1) is 12.6. The van der Waals surface area contributed by atoms with Gasteiger partial charge in [-0.2, -0.15) is 8.42 Å². The lowest BCUT2D eigenvalue weighted by Gasteiger charge is -2.32. The molecule has 0 rings (SSSR count). The summed E-state index contributed by atoms with van der Waals surface area (Å²) in [6, 6.07) is 0. The summed E-state index contributed by atoms with van der Waals surface area (Å²) in [6.07, 6.45) is 12.6. The van der Waals surface area contributed by atoms with Crippen LogP contribution in [0.4, 0.5) is 0 Å². The van der Waals surface area contributed by atoms with Crippen LogP contribution in [0.2, 0.25) is 0 Å². The van der Waals surface area contributed by atoms with E-state index in [0.29, 0.717) is 25.8 Å². The van der Waals surface area contributed by atoms with Crippen LogP contribution in [0.15, 0.2) is 0 Å².